The van der Waals surface area contributed by atoms with Gasteiger partial charge in [-0.25, -0.2) is 0 Å². The predicted octanol–water partition coefficient (Wildman–Crippen LogP) is 3.02. The Hall–Kier alpha value is -1.97. The van der Waals surface area contributed by atoms with Crippen LogP contribution in [0.4, 0.5) is 5.69 Å². The first-order valence-electron chi connectivity index (χ1n) is 7.02. The first-order chi connectivity index (χ1) is 9.69. The number of carbonyl (C=O) groups excluding carboxylic acids is 1. The van der Waals surface area contributed by atoms with E-state index in [1.807, 2.05) is 38.1 Å². The van der Waals surface area contributed by atoms with Crippen LogP contribution in [0.1, 0.15) is 20.3 Å². The second-order valence-corrected chi connectivity index (χ2v) is 4.70. The van der Waals surface area contributed by atoms with E-state index in [9.17, 15) is 4.79 Å². The van der Waals surface area contributed by atoms with Crippen molar-refractivity contribution in [3.8, 4) is 11.5 Å². The zero-order valence-corrected chi connectivity index (χ0v) is 12.1. The van der Waals surface area contributed by atoms with E-state index >= 15 is 0 Å². The normalized spacial score (nSPS) is 18.2. The molecule has 108 valence electrons. The Balaban J connectivity index is 2.26. The van der Waals surface area contributed by atoms with Gasteiger partial charge >= 0.3 is 0 Å². The molecule has 2 rings (SSSR count). The Labute approximate surface area is 120 Å². The van der Waals surface area contributed by atoms with Gasteiger partial charge in [-0.2, -0.15) is 0 Å². The van der Waals surface area contributed by atoms with Crippen LogP contribution in [0.5, 0.6) is 11.5 Å². The van der Waals surface area contributed by atoms with Gasteiger partial charge < -0.3 is 14.4 Å². The molecule has 0 N–H and O–H groups in total. The molecule has 0 saturated carbocycles. The topological polar surface area (TPSA) is 38.8 Å². The maximum Gasteiger partial charge on any atom is 0.227 e. The lowest BCUT2D eigenvalue weighted by Gasteiger charge is -2.19. The van der Waals surface area contributed by atoms with Crippen LogP contribution in [0.15, 0.2) is 30.9 Å². The fraction of sp³-hybridized carbons (Fsp3) is 0.438. The molecule has 1 heterocycles. The van der Waals surface area contributed by atoms with Crippen molar-refractivity contribution in [3.05, 3.63) is 30.9 Å². The molecule has 1 aromatic rings. The lowest BCUT2D eigenvalue weighted by atomic mass is 10.1. The molecule has 0 spiro atoms. The molecule has 0 radical (unpaired) electrons. The molecule has 1 aliphatic heterocycles. The SMILES string of the molecule is C=CC1CC(=O)N(c2ccc(OCC)c(OCC)c2)C1. The van der Waals surface area contributed by atoms with Crippen molar-refractivity contribution in [2.24, 2.45) is 5.92 Å². The van der Waals surface area contributed by atoms with Crippen molar-refractivity contribution in [1.29, 1.82) is 0 Å². The molecule has 4 heteroatoms. The van der Waals surface area contributed by atoms with E-state index in [1.165, 1.54) is 0 Å². The summed E-state index contributed by atoms with van der Waals surface area (Å²) in [5.74, 6) is 1.75. The third-order valence-corrected chi connectivity index (χ3v) is 3.33. The molecule has 1 fully saturated rings. The van der Waals surface area contributed by atoms with Gasteiger partial charge in [0.25, 0.3) is 0 Å². The summed E-state index contributed by atoms with van der Waals surface area (Å²) in [7, 11) is 0. The van der Waals surface area contributed by atoms with Gasteiger partial charge in [-0.15, -0.1) is 6.58 Å². The van der Waals surface area contributed by atoms with Gasteiger partial charge in [0.1, 0.15) is 0 Å². The fourth-order valence-corrected chi connectivity index (χ4v) is 2.35. The Morgan fingerprint density at radius 1 is 1.30 bits per heavy atom. The number of anilines is 1. The minimum absolute atomic E-state index is 0.126. The van der Waals surface area contributed by atoms with Crippen LogP contribution in [0, 0.1) is 5.92 Å². The van der Waals surface area contributed by atoms with Crippen molar-refractivity contribution in [1.82, 2.24) is 0 Å². The summed E-state index contributed by atoms with van der Waals surface area (Å²) in [6.07, 6.45) is 2.37. The molecular weight excluding hydrogens is 254 g/mol. The molecule has 0 aromatic heterocycles. The number of nitrogens with zero attached hydrogens (tertiary/aromatic N) is 1. The second kappa shape index (κ2) is 6.46. The van der Waals surface area contributed by atoms with E-state index in [1.54, 1.807) is 4.90 Å². The number of ether oxygens (including phenoxy) is 2. The summed E-state index contributed by atoms with van der Waals surface area (Å²) in [5, 5.41) is 0. The highest BCUT2D eigenvalue weighted by atomic mass is 16.5. The van der Waals surface area contributed by atoms with Crippen molar-refractivity contribution in [3.63, 3.8) is 0 Å². The lowest BCUT2D eigenvalue weighted by Crippen LogP contribution is -2.24. The average molecular weight is 275 g/mol. The molecule has 1 saturated heterocycles. The summed E-state index contributed by atoms with van der Waals surface area (Å²) in [6.45, 7) is 9.46. The van der Waals surface area contributed by atoms with Crippen LogP contribution < -0.4 is 14.4 Å². The average Bonchev–Trinajstić information content (AvgIpc) is 2.82. The predicted molar refractivity (Wildman–Crippen MR) is 79.4 cm³/mol. The van der Waals surface area contributed by atoms with Crippen molar-refractivity contribution in [2.45, 2.75) is 20.3 Å². The number of hydrogen-bond donors (Lipinski definition) is 0. The number of amides is 1. The number of carbonyl (C=O) groups is 1. The third-order valence-electron chi connectivity index (χ3n) is 3.33. The molecule has 20 heavy (non-hydrogen) atoms. The second-order valence-electron chi connectivity index (χ2n) is 4.70. The maximum absolute atomic E-state index is 12.0. The molecule has 0 aliphatic carbocycles. The zero-order chi connectivity index (χ0) is 14.5. The molecule has 4 nitrogen and oxygen atoms in total. The van der Waals surface area contributed by atoms with Gasteiger partial charge in [0.05, 0.1) is 13.2 Å². The first-order valence-corrected chi connectivity index (χ1v) is 7.02. The highest BCUT2D eigenvalue weighted by molar-refractivity contribution is 5.96. The molecule has 1 amide bonds. The summed E-state index contributed by atoms with van der Waals surface area (Å²) in [4.78, 5) is 13.8. The van der Waals surface area contributed by atoms with Crippen molar-refractivity contribution < 1.29 is 14.3 Å². The molecule has 1 unspecified atom stereocenters. The van der Waals surface area contributed by atoms with Crippen LogP contribution in [-0.4, -0.2) is 25.7 Å². The van der Waals surface area contributed by atoms with E-state index in [0.717, 1.165) is 5.69 Å². The van der Waals surface area contributed by atoms with E-state index in [4.69, 9.17) is 9.47 Å². The van der Waals surface area contributed by atoms with Gasteiger partial charge in [0.2, 0.25) is 5.91 Å². The summed E-state index contributed by atoms with van der Waals surface area (Å²) in [6, 6.07) is 5.63. The Kier molecular flexibility index (Phi) is 4.66. The van der Waals surface area contributed by atoms with E-state index in [-0.39, 0.29) is 11.8 Å². The minimum atomic E-state index is 0.126. The van der Waals surface area contributed by atoms with Gasteiger partial charge in [-0.3, -0.25) is 4.79 Å². The molecule has 1 aliphatic rings. The van der Waals surface area contributed by atoms with Crippen LogP contribution in [-0.2, 0) is 4.79 Å². The quantitative estimate of drug-likeness (QED) is 0.749. The first kappa shape index (κ1) is 14.4. The van der Waals surface area contributed by atoms with Gasteiger partial charge in [0, 0.05) is 30.6 Å². The van der Waals surface area contributed by atoms with Crippen molar-refractivity contribution in [2.75, 3.05) is 24.7 Å². The third kappa shape index (κ3) is 2.95. The van der Waals surface area contributed by atoms with Gasteiger partial charge in [-0.1, -0.05) is 6.08 Å². The summed E-state index contributed by atoms with van der Waals surface area (Å²) >= 11 is 0. The summed E-state index contributed by atoms with van der Waals surface area (Å²) in [5.41, 5.74) is 0.853. The largest absolute Gasteiger partial charge is 0.490 e. The molecule has 0 bridgehead atoms. The van der Waals surface area contributed by atoms with E-state index < -0.39 is 0 Å². The van der Waals surface area contributed by atoms with Crippen LogP contribution in [0.2, 0.25) is 0 Å². The standard InChI is InChI=1S/C16H21NO3/c1-4-12-9-16(18)17(11-12)13-7-8-14(19-5-2)15(10-13)20-6-3/h4,7-8,10,12H,1,5-6,9,11H2,2-3H3. The van der Waals surface area contributed by atoms with Crippen molar-refractivity contribution >= 4 is 11.6 Å². The smallest absolute Gasteiger partial charge is 0.227 e. The van der Waals surface area contributed by atoms with Crippen LogP contribution >= 0.6 is 0 Å². The molecule has 1 atom stereocenters. The minimum Gasteiger partial charge on any atom is -0.490 e. The van der Waals surface area contributed by atoms with Gasteiger partial charge in [0.15, 0.2) is 11.5 Å². The highest BCUT2D eigenvalue weighted by Crippen LogP contribution is 2.34. The lowest BCUT2D eigenvalue weighted by molar-refractivity contribution is -0.117. The maximum atomic E-state index is 12.0. The summed E-state index contributed by atoms with van der Waals surface area (Å²) < 4.78 is 11.1. The van der Waals surface area contributed by atoms with E-state index in [2.05, 4.69) is 6.58 Å². The van der Waals surface area contributed by atoms with Crippen LogP contribution in [0.3, 0.4) is 0 Å². The monoisotopic (exact) mass is 275 g/mol. The fourth-order valence-electron chi connectivity index (χ4n) is 2.35. The number of rotatable bonds is 6. The zero-order valence-electron chi connectivity index (χ0n) is 12.1. The number of hydrogen-bond acceptors (Lipinski definition) is 3. The van der Waals surface area contributed by atoms with E-state index in [0.29, 0.717) is 37.7 Å². The van der Waals surface area contributed by atoms with Gasteiger partial charge in [-0.05, 0) is 26.0 Å². The Morgan fingerprint density at radius 3 is 2.60 bits per heavy atom. The van der Waals surface area contributed by atoms with Crippen LogP contribution in [0.25, 0.3) is 0 Å². The highest BCUT2D eigenvalue weighted by Gasteiger charge is 2.29. The number of benzene rings is 1. The molecule has 1 aromatic carbocycles. The molecular formula is C16H21NO3. The Morgan fingerprint density at radius 2 is 2.00 bits per heavy atom. The Bertz CT molecular complexity index is 498.